The largest absolute Gasteiger partial charge is 0.457 e. The van der Waals surface area contributed by atoms with E-state index in [2.05, 4.69) is 103 Å². The summed E-state index contributed by atoms with van der Waals surface area (Å²) in [6.07, 6.45) is 2.81. The van der Waals surface area contributed by atoms with Crippen molar-refractivity contribution in [2.24, 2.45) is 0 Å². The standard InChI is InChI=1S/C35H34N4OS/c1-5-26-10-6-7-12-32(26)38-24(3)22-30(25(38)4)34-33(31-11-8-9-21-36-31)37-35(41)39(34)27-15-19-29(20-16-27)40-28-17-13-23(2)14-18-28/h6-22,33-34H,5H2,1-4H3,(H,37,41)/t33-,34-/m0/s1. The summed E-state index contributed by atoms with van der Waals surface area (Å²) in [4.78, 5) is 6.96. The van der Waals surface area contributed by atoms with Gasteiger partial charge in [0.1, 0.15) is 11.5 Å². The third-order valence-electron chi connectivity index (χ3n) is 7.87. The maximum atomic E-state index is 6.11. The van der Waals surface area contributed by atoms with Gasteiger partial charge in [0.2, 0.25) is 0 Å². The third kappa shape index (κ3) is 5.11. The van der Waals surface area contributed by atoms with Gasteiger partial charge in [-0.25, -0.2) is 0 Å². The van der Waals surface area contributed by atoms with Gasteiger partial charge in [-0.3, -0.25) is 4.98 Å². The predicted molar refractivity (Wildman–Crippen MR) is 170 cm³/mol. The van der Waals surface area contributed by atoms with Crippen molar-refractivity contribution in [1.82, 2.24) is 14.9 Å². The number of rotatable bonds is 7. The molecule has 1 aliphatic heterocycles. The lowest BCUT2D eigenvalue weighted by atomic mass is 9.96. The average molecular weight is 559 g/mol. The Morgan fingerprint density at radius 3 is 2.22 bits per heavy atom. The molecule has 0 amide bonds. The van der Waals surface area contributed by atoms with E-state index in [1.807, 2.05) is 42.6 Å². The van der Waals surface area contributed by atoms with Gasteiger partial charge < -0.3 is 19.5 Å². The van der Waals surface area contributed by atoms with Crippen molar-refractivity contribution in [2.75, 3.05) is 4.90 Å². The first-order valence-electron chi connectivity index (χ1n) is 14.1. The molecule has 1 fully saturated rings. The number of hydrogen-bond acceptors (Lipinski definition) is 3. The van der Waals surface area contributed by atoms with Crippen molar-refractivity contribution in [1.29, 1.82) is 0 Å². The molecule has 5 aromatic rings. The Labute approximate surface area is 247 Å². The van der Waals surface area contributed by atoms with Crippen LogP contribution in [0.2, 0.25) is 0 Å². The quantitative estimate of drug-likeness (QED) is 0.203. The Kier molecular flexibility index (Phi) is 7.33. The zero-order valence-corrected chi connectivity index (χ0v) is 24.7. The Morgan fingerprint density at radius 2 is 1.54 bits per heavy atom. The van der Waals surface area contributed by atoms with Crippen LogP contribution in [-0.4, -0.2) is 14.7 Å². The predicted octanol–water partition coefficient (Wildman–Crippen LogP) is 8.33. The summed E-state index contributed by atoms with van der Waals surface area (Å²) in [7, 11) is 0. The normalized spacial score (nSPS) is 16.6. The molecule has 0 saturated carbocycles. The fraction of sp³-hybridized carbons (Fsp3) is 0.200. The number of nitrogens with one attached hydrogen (secondary N) is 1. The lowest BCUT2D eigenvalue weighted by Crippen LogP contribution is -2.29. The maximum absolute atomic E-state index is 6.11. The number of thiocarbonyl (C=S) groups is 1. The molecule has 0 spiro atoms. The zero-order chi connectivity index (χ0) is 28.5. The van der Waals surface area contributed by atoms with E-state index in [-0.39, 0.29) is 12.1 Å². The van der Waals surface area contributed by atoms with E-state index in [1.165, 1.54) is 33.8 Å². The summed E-state index contributed by atoms with van der Waals surface area (Å²) in [6, 6.07) is 33.1. The minimum Gasteiger partial charge on any atom is -0.457 e. The number of aromatic nitrogens is 2. The zero-order valence-electron chi connectivity index (χ0n) is 23.8. The molecule has 206 valence electrons. The molecule has 1 N–H and O–H groups in total. The van der Waals surface area contributed by atoms with Crippen LogP contribution in [0.15, 0.2) is 103 Å². The van der Waals surface area contributed by atoms with Gasteiger partial charge in [-0.2, -0.15) is 0 Å². The molecular formula is C35H34N4OS. The van der Waals surface area contributed by atoms with Gasteiger partial charge in [0.25, 0.3) is 0 Å². The number of hydrogen-bond donors (Lipinski definition) is 1. The van der Waals surface area contributed by atoms with Crippen molar-refractivity contribution >= 4 is 23.0 Å². The van der Waals surface area contributed by atoms with E-state index in [1.54, 1.807) is 0 Å². The molecule has 2 atom stereocenters. The summed E-state index contributed by atoms with van der Waals surface area (Å²) < 4.78 is 8.49. The summed E-state index contributed by atoms with van der Waals surface area (Å²) in [5, 5.41) is 4.28. The maximum Gasteiger partial charge on any atom is 0.174 e. The molecular weight excluding hydrogens is 524 g/mol. The van der Waals surface area contributed by atoms with Gasteiger partial charge in [0.15, 0.2) is 5.11 Å². The fourth-order valence-electron chi connectivity index (χ4n) is 5.85. The van der Waals surface area contributed by atoms with Gasteiger partial charge >= 0.3 is 0 Å². The number of pyridine rings is 1. The van der Waals surface area contributed by atoms with Crippen LogP contribution in [0.3, 0.4) is 0 Å². The van der Waals surface area contributed by atoms with E-state index >= 15 is 0 Å². The van der Waals surface area contributed by atoms with Crippen LogP contribution in [0.1, 0.15) is 52.8 Å². The molecule has 3 aromatic carbocycles. The van der Waals surface area contributed by atoms with Crippen LogP contribution in [-0.2, 0) is 6.42 Å². The second kappa shape index (κ2) is 11.2. The molecule has 6 rings (SSSR count). The second-order valence-corrected chi connectivity index (χ2v) is 10.9. The number of nitrogens with zero attached hydrogens (tertiary/aromatic N) is 3. The second-order valence-electron chi connectivity index (χ2n) is 10.5. The first-order chi connectivity index (χ1) is 19.9. The topological polar surface area (TPSA) is 42.3 Å². The van der Waals surface area contributed by atoms with Crippen molar-refractivity contribution < 1.29 is 4.74 Å². The van der Waals surface area contributed by atoms with Gasteiger partial charge in [-0.1, -0.05) is 48.9 Å². The van der Waals surface area contributed by atoms with Gasteiger partial charge in [-0.15, -0.1) is 0 Å². The summed E-state index contributed by atoms with van der Waals surface area (Å²) >= 11 is 5.99. The Hall–Kier alpha value is -4.42. The monoisotopic (exact) mass is 558 g/mol. The van der Waals surface area contributed by atoms with Crippen LogP contribution in [0, 0.1) is 20.8 Å². The number of aryl methyl sites for hydroxylation is 3. The highest BCUT2D eigenvalue weighted by Gasteiger charge is 2.42. The van der Waals surface area contributed by atoms with Crippen molar-refractivity contribution in [2.45, 2.75) is 46.2 Å². The molecule has 3 heterocycles. The molecule has 0 aliphatic carbocycles. The van der Waals surface area contributed by atoms with E-state index in [0.717, 1.165) is 29.3 Å². The lowest BCUT2D eigenvalue weighted by Gasteiger charge is -2.28. The first kappa shape index (κ1) is 26.8. The molecule has 0 radical (unpaired) electrons. The summed E-state index contributed by atoms with van der Waals surface area (Å²) in [5.41, 5.74) is 9.32. The number of benzene rings is 3. The minimum absolute atomic E-state index is 0.0880. The van der Waals surface area contributed by atoms with Crippen LogP contribution in [0.25, 0.3) is 5.69 Å². The van der Waals surface area contributed by atoms with Crippen molar-refractivity contribution in [3.8, 4) is 17.2 Å². The molecule has 1 saturated heterocycles. The minimum atomic E-state index is -0.109. The molecule has 0 bridgehead atoms. The Balaban J connectivity index is 1.42. The Bertz CT molecular complexity index is 1680. The average Bonchev–Trinajstić information content (AvgIpc) is 3.49. The highest BCUT2D eigenvalue weighted by atomic mass is 32.1. The summed E-state index contributed by atoms with van der Waals surface area (Å²) in [5.74, 6) is 1.59. The number of para-hydroxylation sites is 1. The van der Waals surface area contributed by atoms with Crippen LogP contribution in [0.4, 0.5) is 5.69 Å². The van der Waals surface area contributed by atoms with Crippen LogP contribution < -0.4 is 15.0 Å². The molecule has 0 unspecified atom stereocenters. The Morgan fingerprint density at radius 1 is 0.854 bits per heavy atom. The van der Waals surface area contributed by atoms with Crippen molar-refractivity contribution in [3.63, 3.8) is 0 Å². The number of anilines is 1. The lowest BCUT2D eigenvalue weighted by molar-refractivity contribution is 0.482. The highest BCUT2D eigenvalue weighted by Crippen LogP contribution is 2.44. The van der Waals surface area contributed by atoms with E-state index in [4.69, 9.17) is 21.9 Å². The summed E-state index contributed by atoms with van der Waals surface area (Å²) in [6.45, 7) is 8.67. The number of ether oxygens (including phenoxy) is 1. The van der Waals surface area contributed by atoms with Crippen molar-refractivity contribution in [3.05, 3.63) is 137 Å². The van der Waals surface area contributed by atoms with E-state index < -0.39 is 0 Å². The first-order valence-corrected chi connectivity index (χ1v) is 14.5. The SMILES string of the molecule is CCc1ccccc1-n1c(C)cc([C@H]2[C@H](c3ccccn3)NC(=S)N2c2ccc(Oc3ccc(C)cc3)cc2)c1C. The molecule has 6 heteroatoms. The molecule has 2 aromatic heterocycles. The molecule has 41 heavy (non-hydrogen) atoms. The van der Waals surface area contributed by atoms with Gasteiger partial charge in [-0.05, 0) is 111 Å². The molecule has 1 aliphatic rings. The van der Waals surface area contributed by atoms with Gasteiger partial charge in [0, 0.05) is 29.0 Å². The highest BCUT2D eigenvalue weighted by molar-refractivity contribution is 7.80. The fourth-order valence-corrected chi connectivity index (χ4v) is 6.20. The van der Waals surface area contributed by atoms with Crippen LogP contribution in [0.5, 0.6) is 11.5 Å². The molecule has 5 nitrogen and oxygen atoms in total. The van der Waals surface area contributed by atoms with E-state index in [0.29, 0.717) is 5.11 Å². The van der Waals surface area contributed by atoms with E-state index in [9.17, 15) is 0 Å². The third-order valence-corrected chi connectivity index (χ3v) is 8.19. The smallest absolute Gasteiger partial charge is 0.174 e. The van der Waals surface area contributed by atoms with Crippen LogP contribution >= 0.6 is 12.2 Å². The van der Waals surface area contributed by atoms with Gasteiger partial charge in [0.05, 0.1) is 17.8 Å².